The summed E-state index contributed by atoms with van der Waals surface area (Å²) in [7, 11) is 0. The van der Waals surface area contributed by atoms with Crippen LogP contribution in [0.25, 0.3) is 0 Å². The average Bonchev–Trinajstić information content (AvgIpc) is 2.20. The van der Waals surface area contributed by atoms with Gasteiger partial charge in [0, 0.05) is 25.2 Å². The zero-order valence-corrected chi connectivity index (χ0v) is 11.3. The van der Waals surface area contributed by atoms with E-state index < -0.39 is 0 Å². The molecule has 1 aromatic carbocycles. The van der Waals surface area contributed by atoms with E-state index in [-0.39, 0.29) is 5.54 Å². The summed E-state index contributed by atoms with van der Waals surface area (Å²) in [5, 5.41) is 0. The van der Waals surface area contributed by atoms with Crippen LogP contribution in [0.2, 0.25) is 0 Å². The molecule has 0 spiro atoms. The van der Waals surface area contributed by atoms with Gasteiger partial charge in [-0.05, 0) is 39.2 Å². The van der Waals surface area contributed by atoms with Crippen LogP contribution in [0.3, 0.4) is 0 Å². The third-order valence-electron chi connectivity index (χ3n) is 3.69. The summed E-state index contributed by atoms with van der Waals surface area (Å²) in [5.74, 6) is 0. The fourth-order valence-corrected chi connectivity index (χ4v) is 2.64. The zero-order valence-electron chi connectivity index (χ0n) is 11.3. The summed E-state index contributed by atoms with van der Waals surface area (Å²) in [6, 6.07) is 6.82. The molecular formula is C15H24N2. The van der Waals surface area contributed by atoms with Gasteiger partial charge in [-0.3, -0.25) is 4.90 Å². The highest BCUT2D eigenvalue weighted by Gasteiger charge is 2.25. The third kappa shape index (κ3) is 3.55. The van der Waals surface area contributed by atoms with Crippen LogP contribution < -0.4 is 5.73 Å². The molecule has 1 aliphatic rings. The predicted molar refractivity (Wildman–Crippen MR) is 73.0 cm³/mol. The molecule has 0 aromatic heterocycles. The summed E-state index contributed by atoms with van der Waals surface area (Å²) in [6.45, 7) is 9.83. The zero-order chi connectivity index (χ0) is 12.5. The second kappa shape index (κ2) is 4.79. The second-order valence-electron chi connectivity index (χ2n) is 5.93. The number of aryl methyl sites for hydroxylation is 2. The van der Waals surface area contributed by atoms with Gasteiger partial charge in [0.25, 0.3) is 0 Å². The minimum Gasteiger partial charge on any atom is -0.325 e. The maximum atomic E-state index is 6.15. The van der Waals surface area contributed by atoms with Crippen molar-refractivity contribution in [2.45, 2.75) is 45.7 Å². The van der Waals surface area contributed by atoms with Crippen LogP contribution in [0.1, 0.15) is 36.5 Å². The van der Waals surface area contributed by atoms with Gasteiger partial charge in [0.15, 0.2) is 0 Å². The number of nitrogens with two attached hydrogens (primary N) is 1. The molecular weight excluding hydrogens is 208 g/mol. The molecule has 0 aliphatic carbocycles. The molecule has 2 rings (SSSR count). The Balaban J connectivity index is 1.97. The Morgan fingerprint density at radius 1 is 1.12 bits per heavy atom. The topological polar surface area (TPSA) is 29.3 Å². The Morgan fingerprint density at radius 3 is 2.18 bits per heavy atom. The molecule has 0 radical (unpaired) electrons. The van der Waals surface area contributed by atoms with Gasteiger partial charge in [-0.25, -0.2) is 0 Å². The second-order valence-corrected chi connectivity index (χ2v) is 5.93. The Kier molecular flexibility index (Phi) is 3.55. The van der Waals surface area contributed by atoms with Gasteiger partial charge in [-0.1, -0.05) is 29.3 Å². The van der Waals surface area contributed by atoms with Gasteiger partial charge >= 0.3 is 0 Å². The van der Waals surface area contributed by atoms with E-state index in [9.17, 15) is 0 Å². The first kappa shape index (κ1) is 12.6. The van der Waals surface area contributed by atoms with Crippen molar-refractivity contribution >= 4 is 0 Å². The molecule has 0 amide bonds. The van der Waals surface area contributed by atoms with Crippen molar-refractivity contribution in [3.63, 3.8) is 0 Å². The summed E-state index contributed by atoms with van der Waals surface area (Å²) in [5.41, 5.74) is 10.4. The lowest BCUT2D eigenvalue weighted by atomic mass is 9.91. The Bertz CT molecular complexity index is 366. The number of rotatable bonds is 2. The minimum atomic E-state index is 0.0546. The largest absolute Gasteiger partial charge is 0.325 e. The van der Waals surface area contributed by atoms with Gasteiger partial charge in [0.1, 0.15) is 0 Å². The van der Waals surface area contributed by atoms with Crippen molar-refractivity contribution < 1.29 is 0 Å². The van der Waals surface area contributed by atoms with E-state index in [1.165, 1.54) is 16.7 Å². The van der Waals surface area contributed by atoms with Crippen LogP contribution in [0.4, 0.5) is 0 Å². The van der Waals surface area contributed by atoms with Crippen LogP contribution in [-0.2, 0) is 6.54 Å². The van der Waals surface area contributed by atoms with E-state index in [2.05, 4.69) is 43.9 Å². The lowest BCUT2D eigenvalue weighted by Gasteiger charge is -2.36. The molecule has 0 bridgehead atoms. The van der Waals surface area contributed by atoms with Crippen molar-refractivity contribution in [1.29, 1.82) is 0 Å². The summed E-state index contributed by atoms with van der Waals surface area (Å²) in [6.07, 6.45) is 2.22. The number of hydrogen-bond donors (Lipinski definition) is 1. The molecule has 0 unspecified atom stereocenters. The molecule has 1 saturated heterocycles. The Hall–Kier alpha value is -0.860. The quantitative estimate of drug-likeness (QED) is 0.849. The molecule has 2 nitrogen and oxygen atoms in total. The standard InChI is InChI=1S/C15H24N2/c1-12-8-13(2)10-14(9-12)11-17-6-4-15(3,16)5-7-17/h8-10H,4-7,11,16H2,1-3H3. The lowest BCUT2D eigenvalue weighted by molar-refractivity contribution is 0.165. The van der Waals surface area contributed by atoms with E-state index >= 15 is 0 Å². The van der Waals surface area contributed by atoms with Gasteiger partial charge in [0.2, 0.25) is 0 Å². The molecule has 2 heteroatoms. The van der Waals surface area contributed by atoms with Gasteiger partial charge in [-0.15, -0.1) is 0 Å². The van der Waals surface area contributed by atoms with E-state index in [1.54, 1.807) is 0 Å². The number of benzene rings is 1. The van der Waals surface area contributed by atoms with Crippen molar-refractivity contribution in [2.24, 2.45) is 5.73 Å². The van der Waals surface area contributed by atoms with Gasteiger partial charge in [0.05, 0.1) is 0 Å². The lowest BCUT2D eigenvalue weighted by Crippen LogP contribution is -2.47. The van der Waals surface area contributed by atoms with E-state index in [0.717, 1.165) is 32.5 Å². The average molecular weight is 232 g/mol. The maximum absolute atomic E-state index is 6.15. The molecule has 94 valence electrons. The first-order chi connectivity index (χ1) is 7.94. The fraction of sp³-hybridized carbons (Fsp3) is 0.600. The van der Waals surface area contributed by atoms with Gasteiger partial charge in [-0.2, -0.15) is 0 Å². The van der Waals surface area contributed by atoms with E-state index in [1.807, 2.05) is 0 Å². The van der Waals surface area contributed by atoms with Crippen molar-refractivity contribution in [1.82, 2.24) is 4.90 Å². The van der Waals surface area contributed by atoms with Crippen LogP contribution in [0, 0.1) is 13.8 Å². The van der Waals surface area contributed by atoms with Crippen LogP contribution >= 0.6 is 0 Å². The molecule has 17 heavy (non-hydrogen) atoms. The minimum absolute atomic E-state index is 0.0546. The summed E-state index contributed by atoms with van der Waals surface area (Å²) >= 11 is 0. The number of likely N-dealkylation sites (tertiary alicyclic amines) is 1. The van der Waals surface area contributed by atoms with Crippen molar-refractivity contribution in [3.8, 4) is 0 Å². The highest BCUT2D eigenvalue weighted by atomic mass is 15.1. The molecule has 0 saturated carbocycles. The highest BCUT2D eigenvalue weighted by molar-refractivity contribution is 5.28. The monoisotopic (exact) mass is 232 g/mol. The Labute approximate surface area is 105 Å². The SMILES string of the molecule is Cc1cc(C)cc(CN2CCC(C)(N)CC2)c1. The normalized spacial score (nSPS) is 20.5. The van der Waals surface area contributed by atoms with Crippen LogP contribution in [-0.4, -0.2) is 23.5 Å². The van der Waals surface area contributed by atoms with Crippen LogP contribution in [0.5, 0.6) is 0 Å². The molecule has 0 atom stereocenters. The molecule has 1 heterocycles. The maximum Gasteiger partial charge on any atom is 0.0233 e. The number of hydrogen-bond acceptors (Lipinski definition) is 2. The Morgan fingerprint density at radius 2 is 1.65 bits per heavy atom. The molecule has 1 aliphatic heterocycles. The first-order valence-corrected chi connectivity index (χ1v) is 6.53. The first-order valence-electron chi connectivity index (χ1n) is 6.53. The number of nitrogens with zero attached hydrogens (tertiary/aromatic N) is 1. The smallest absolute Gasteiger partial charge is 0.0233 e. The van der Waals surface area contributed by atoms with Gasteiger partial charge < -0.3 is 5.73 Å². The number of piperidine rings is 1. The summed E-state index contributed by atoms with van der Waals surface area (Å²) < 4.78 is 0. The molecule has 1 fully saturated rings. The fourth-order valence-electron chi connectivity index (χ4n) is 2.64. The predicted octanol–water partition coefficient (Wildman–Crippen LogP) is 2.62. The third-order valence-corrected chi connectivity index (χ3v) is 3.69. The highest BCUT2D eigenvalue weighted by Crippen LogP contribution is 2.21. The van der Waals surface area contributed by atoms with E-state index in [0.29, 0.717) is 0 Å². The van der Waals surface area contributed by atoms with Crippen LogP contribution in [0.15, 0.2) is 18.2 Å². The summed E-state index contributed by atoms with van der Waals surface area (Å²) in [4.78, 5) is 2.52. The molecule has 2 N–H and O–H groups in total. The van der Waals surface area contributed by atoms with Crippen molar-refractivity contribution in [3.05, 3.63) is 34.9 Å². The molecule has 1 aromatic rings. The van der Waals surface area contributed by atoms with E-state index in [4.69, 9.17) is 5.73 Å². The van der Waals surface area contributed by atoms with Crippen molar-refractivity contribution in [2.75, 3.05) is 13.1 Å².